The van der Waals surface area contributed by atoms with Gasteiger partial charge in [-0.2, -0.15) is 0 Å². The van der Waals surface area contributed by atoms with Gasteiger partial charge in [0.05, 0.1) is 17.7 Å². The minimum absolute atomic E-state index is 0.258. The zero-order chi connectivity index (χ0) is 16.3. The van der Waals surface area contributed by atoms with E-state index in [1.165, 1.54) is 4.31 Å². The van der Waals surface area contributed by atoms with Crippen LogP contribution in [0.4, 0.5) is 5.69 Å². The lowest BCUT2D eigenvalue weighted by molar-refractivity contribution is 0.414. The summed E-state index contributed by atoms with van der Waals surface area (Å²) >= 11 is 0. The van der Waals surface area contributed by atoms with E-state index in [0.29, 0.717) is 18.0 Å². The third-order valence-electron chi connectivity index (χ3n) is 3.71. The van der Waals surface area contributed by atoms with Gasteiger partial charge in [0, 0.05) is 6.54 Å². The Morgan fingerprint density at radius 2 is 1.64 bits per heavy atom. The summed E-state index contributed by atoms with van der Waals surface area (Å²) in [7, 11) is -2.03. The Morgan fingerprint density at radius 3 is 2.14 bits per heavy atom. The lowest BCUT2D eigenvalue weighted by Gasteiger charge is -2.23. The van der Waals surface area contributed by atoms with Gasteiger partial charge in [0.15, 0.2) is 0 Å². The summed E-state index contributed by atoms with van der Waals surface area (Å²) in [5, 5.41) is 0. The number of aryl methyl sites for hydroxylation is 2. The number of nitrogens with zero attached hydrogens (tertiary/aromatic N) is 1. The molecule has 0 N–H and O–H groups in total. The molecule has 0 fully saturated rings. The first-order valence-corrected chi connectivity index (χ1v) is 8.58. The zero-order valence-corrected chi connectivity index (χ0v) is 14.1. The highest BCUT2D eigenvalue weighted by Crippen LogP contribution is 2.26. The molecule has 2 aromatic carbocycles. The van der Waals surface area contributed by atoms with E-state index in [9.17, 15) is 8.42 Å². The second kappa shape index (κ2) is 6.40. The fourth-order valence-corrected chi connectivity index (χ4v) is 3.71. The zero-order valence-electron chi connectivity index (χ0n) is 13.3. The van der Waals surface area contributed by atoms with Gasteiger partial charge in [-0.05, 0) is 68.3 Å². The van der Waals surface area contributed by atoms with Gasteiger partial charge in [0.25, 0.3) is 10.0 Å². The maximum absolute atomic E-state index is 12.8. The molecule has 22 heavy (non-hydrogen) atoms. The minimum Gasteiger partial charge on any atom is -0.497 e. The number of benzene rings is 2. The van der Waals surface area contributed by atoms with Gasteiger partial charge >= 0.3 is 0 Å². The SMILES string of the molecule is CCN(c1ccc(C)c(C)c1)S(=O)(=O)c1ccc(OC)cc1. The van der Waals surface area contributed by atoms with Crippen LogP contribution in [0.1, 0.15) is 18.1 Å². The molecule has 0 spiro atoms. The smallest absolute Gasteiger partial charge is 0.264 e. The molecule has 0 aromatic heterocycles. The Labute approximate surface area is 132 Å². The average molecular weight is 319 g/mol. The van der Waals surface area contributed by atoms with Crippen molar-refractivity contribution in [1.82, 2.24) is 0 Å². The van der Waals surface area contributed by atoms with Crippen LogP contribution in [0.15, 0.2) is 47.4 Å². The Bertz CT molecular complexity index is 752. The maximum atomic E-state index is 12.8. The number of ether oxygens (including phenoxy) is 1. The highest BCUT2D eigenvalue weighted by Gasteiger charge is 2.23. The number of anilines is 1. The summed E-state index contributed by atoms with van der Waals surface area (Å²) < 4.78 is 32.2. The first-order valence-electron chi connectivity index (χ1n) is 7.14. The number of hydrogen-bond acceptors (Lipinski definition) is 3. The first-order chi connectivity index (χ1) is 10.4. The molecule has 0 unspecified atom stereocenters. The molecule has 118 valence electrons. The molecule has 0 amide bonds. The number of sulfonamides is 1. The molecular formula is C17H21NO3S. The van der Waals surface area contributed by atoms with E-state index in [1.807, 2.05) is 39.0 Å². The van der Waals surface area contributed by atoms with Crippen molar-refractivity contribution in [1.29, 1.82) is 0 Å². The molecule has 0 aliphatic carbocycles. The molecule has 0 saturated heterocycles. The van der Waals surface area contributed by atoms with Gasteiger partial charge in [-0.3, -0.25) is 4.31 Å². The predicted octanol–water partition coefficient (Wildman–Crippen LogP) is 3.53. The van der Waals surface area contributed by atoms with Crippen molar-refractivity contribution in [3.8, 4) is 5.75 Å². The minimum atomic E-state index is -3.58. The van der Waals surface area contributed by atoms with Crippen LogP contribution >= 0.6 is 0 Å². The number of rotatable bonds is 5. The second-order valence-corrected chi connectivity index (χ2v) is 6.98. The van der Waals surface area contributed by atoms with Crippen molar-refractivity contribution >= 4 is 15.7 Å². The first kappa shape index (κ1) is 16.4. The largest absolute Gasteiger partial charge is 0.497 e. The van der Waals surface area contributed by atoms with E-state index in [0.717, 1.165) is 11.1 Å². The van der Waals surface area contributed by atoms with Crippen LogP contribution in [0.5, 0.6) is 5.75 Å². The van der Waals surface area contributed by atoms with Gasteiger partial charge < -0.3 is 4.74 Å². The fourth-order valence-electron chi connectivity index (χ4n) is 2.25. The maximum Gasteiger partial charge on any atom is 0.264 e. The van der Waals surface area contributed by atoms with Crippen LogP contribution in [0.25, 0.3) is 0 Å². The number of methoxy groups -OCH3 is 1. The second-order valence-electron chi connectivity index (χ2n) is 5.11. The average Bonchev–Trinajstić information content (AvgIpc) is 2.51. The van der Waals surface area contributed by atoms with Crippen molar-refractivity contribution < 1.29 is 13.2 Å². The van der Waals surface area contributed by atoms with E-state index >= 15 is 0 Å². The lowest BCUT2D eigenvalue weighted by atomic mass is 10.1. The van der Waals surface area contributed by atoms with Crippen LogP contribution in [-0.4, -0.2) is 22.1 Å². The fraction of sp³-hybridized carbons (Fsp3) is 0.294. The van der Waals surface area contributed by atoms with Gasteiger partial charge in [-0.25, -0.2) is 8.42 Å². The van der Waals surface area contributed by atoms with Gasteiger partial charge in [0.1, 0.15) is 5.75 Å². The van der Waals surface area contributed by atoms with Crippen molar-refractivity contribution in [2.24, 2.45) is 0 Å². The van der Waals surface area contributed by atoms with Crippen molar-refractivity contribution in [2.75, 3.05) is 18.0 Å². The Morgan fingerprint density at radius 1 is 1.00 bits per heavy atom. The van der Waals surface area contributed by atoms with Crippen LogP contribution in [-0.2, 0) is 10.0 Å². The molecule has 0 atom stereocenters. The van der Waals surface area contributed by atoms with Gasteiger partial charge in [0.2, 0.25) is 0 Å². The highest BCUT2D eigenvalue weighted by atomic mass is 32.2. The lowest BCUT2D eigenvalue weighted by Crippen LogP contribution is -2.30. The molecule has 0 aliphatic heterocycles. The van der Waals surface area contributed by atoms with Gasteiger partial charge in [-0.15, -0.1) is 0 Å². The summed E-state index contributed by atoms with van der Waals surface area (Å²) in [6.45, 7) is 6.19. The third kappa shape index (κ3) is 3.09. The van der Waals surface area contributed by atoms with Crippen molar-refractivity contribution in [3.63, 3.8) is 0 Å². The Balaban J connectivity index is 2.45. The molecule has 5 heteroatoms. The normalized spacial score (nSPS) is 11.3. The molecule has 2 aromatic rings. The standard InChI is InChI=1S/C17H21NO3S/c1-5-18(15-7-6-13(2)14(3)12-15)22(19,20)17-10-8-16(21-4)9-11-17/h6-12H,5H2,1-4H3. The van der Waals surface area contributed by atoms with E-state index in [1.54, 1.807) is 31.4 Å². The molecule has 0 saturated carbocycles. The summed E-state index contributed by atoms with van der Waals surface area (Å²) in [6.07, 6.45) is 0. The quantitative estimate of drug-likeness (QED) is 0.847. The Kier molecular flexibility index (Phi) is 4.76. The van der Waals surface area contributed by atoms with Crippen molar-refractivity contribution in [3.05, 3.63) is 53.6 Å². The molecule has 4 nitrogen and oxygen atoms in total. The summed E-state index contributed by atoms with van der Waals surface area (Å²) in [5.74, 6) is 0.633. The monoisotopic (exact) mass is 319 g/mol. The number of hydrogen-bond donors (Lipinski definition) is 0. The Hall–Kier alpha value is -2.01. The summed E-state index contributed by atoms with van der Waals surface area (Å²) in [4.78, 5) is 0.258. The van der Waals surface area contributed by atoms with Crippen LogP contribution in [0.2, 0.25) is 0 Å². The van der Waals surface area contributed by atoms with Crippen molar-refractivity contribution in [2.45, 2.75) is 25.7 Å². The predicted molar refractivity (Wildman–Crippen MR) is 89.1 cm³/mol. The molecule has 0 heterocycles. The van der Waals surface area contributed by atoms with E-state index in [-0.39, 0.29) is 4.90 Å². The summed E-state index contributed by atoms with van der Waals surface area (Å²) in [5.41, 5.74) is 2.89. The topological polar surface area (TPSA) is 46.6 Å². The third-order valence-corrected chi connectivity index (χ3v) is 5.63. The molecule has 0 aliphatic rings. The van der Waals surface area contributed by atoms with E-state index in [2.05, 4.69) is 0 Å². The van der Waals surface area contributed by atoms with E-state index < -0.39 is 10.0 Å². The van der Waals surface area contributed by atoms with E-state index in [4.69, 9.17) is 4.74 Å². The molecule has 0 radical (unpaired) electrons. The van der Waals surface area contributed by atoms with Crippen LogP contribution < -0.4 is 9.04 Å². The molecule has 2 rings (SSSR count). The highest BCUT2D eigenvalue weighted by molar-refractivity contribution is 7.92. The van der Waals surface area contributed by atoms with Crippen LogP contribution in [0, 0.1) is 13.8 Å². The van der Waals surface area contributed by atoms with Crippen LogP contribution in [0.3, 0.4) is 0 Å². The molecule has 0 bridgehead atoms. The van der Waals surface area contributed by atoms with Gasteiger partial charge in [-0.1, -0.05) is 6.07 Å². The molecular weight excluding hydrogens is 298 g/mol. The summed E-state index contributed by atoms with van der Waals surface area (Å²) in [6, 6.07) is 12.1.